The fourth-order valence-corrected chi connectivity index (χ4v) is 6.12. The Labute approximate surface area is 208 Å². The van der Waals surface area contributed by atoms with Crippen molar-refractivity contribution in [3.63, 3.8) is 0 Å². The van der Waals surface area contributed by atoms with E-state index < -0.39 is 0 Å². The van der Waals surface area contributed by atoms with Gasteiger partial charge >= 0.3 is 0 Å². The topological polar surface area (TPSA) is 17.8 Å². The standard InChI is InChI=1S/C32H22N2S/c1-3-10-22(11-4-1)24-18-25(23-12-5-2-6-13-23)20-26(19-24)27-14-9-17-30-28(27)21-35-32-33-29-15-7-8-16-31(29)34(30)32/h1-20H,21H2. The first-order valence-corrected chi connectivity index (χ1v) is 12.8. The average molecular weight is 467 g/mol. The van der Waals surface area contributed by atoms with Gasteiger partial charge in [-0.05, 0) is 75.3 Å². The molecule has 0 radical (unpaired) electrons. The van der Waals surface area contributed by atoms with Gasteiger partial charge in [0.25, 0.3) is 0 Å². The summed E-state index contributed by atoms with van der Waals surface area (Å²) in [6.45, 7) is 0. The average Bonchev–Trinajstić information content (AvgIpc) is 3.33. The lowest BCUT2D eigenvalue weighted by Gasteiger charge is -2.22. The van der Waals surface area contributed by atoms with E-state index in [4.69, 9.17) is 4.98 Å². The van der Waals surface area contributed by atoms with Crippen molar-refractivity contribution in [3.8, 4) is 39.1 Å². The monoisotopic (exact) mass is 466 g/mol. The number of rotatable bonds is 3. The van der Waals surface area contributed by atoms with Crippen LogP contribution in [0.15, 0.2) is 126 Å². The summed E-state index contributed by atoms with van der Waals surface area (Å²) in [6, 6.07) is 43.4. The van der Waals surface area contributed by atoms with Gasteiger partial charge in [0.05, 0.1) is 16.7 Å². The molecule has 0 amide bonds. The molecule has 0 atom stereocenters. The largest absolute Gasteiger partial charge is 0.287 e. The number of nitrogens with zero attached hydrogens (tertiary/aromatic N) is 2. The van der Waals surface area contributed by atoms with Crippen molar-refractivity contribution in [3.05, 3.63) is 127 Å². The summed E-state index contributed by atoms with van der Waals surface area (Å²) < 4.78 is 2.32. The number of hydrogen-bond acceptors (Lipinski definition) is 2. The van der Waals surface area contributed by atoms with Crippen LogP contribution in [0.1, 0.15) is 5.56 Å². The van der Waals surface area contributed by atoms with E-state index in [1.165, 1.54) is 44.6 Å². The second-order valence-electron chi connectivity index (χ2n) is 8.84. The van der Waals surface area contributed by atoms with Gasteiger partial charge in [0.1, 0.15) is 0 Å². The van der Waals surface area contributed by atoms with Crippen LogP contribution in [-0.4, -0.2) is 9.55 Å². The molecular weight excluding hydrogens is 444 g/mol. The lowest BCUT2D eigenvalue weighted by molar-refractivity contribution is 0.895. The molecule has 0 saturated heterocycles. The number of aromatic nitrogens is 2. The van der Waals surface area contributed by atoms with Crippen molar-refractivity contribution >= 4 is 22.8 Å². The van der Waals surface area contributed by atoms with Crippen molar-refractivity contribution < 1.29 is 0 Å². The Morgan fingerprint density at radius 2 is 1.20 bits per heavy atom. The van der Waals surface area contributed by atoms with E-state index in [-0.39, 0.29) is 0 Å². The Morgan fingerprint density at radius 3 is 1.91 bits per heavy atom. The van der Waals surface area contributed by atoms with Crippen LogP contribution in [0.3, 0.4) is 0 Å². The molecule has 35 heavy (non-hydrogen) atoms. The third-order valence-corrected chi connectivity index (χ3v) is 7.69. The Bertz CT molecular complexity index is 1630. The van der Waals surface area contributed by atoms with E-state index in [2.05, 4.69) is 126 Å². The highest BCUT2D eigenvalue weighted by Crippen LogP contribution is 2.42. The molecule has 0 spiro atoms. The van der Waals surface area contributed by atoms with Crippen molar-refractivity contribution in [1.29, 1.82) is 0 Å². The molecular formula is C32H22N2S. The minimum atomic E-state index is 0.908. The molecule has 166 valence electrons. The Balaban J connectivity index is 1.46. The molecule has 1 aliphatic rings. The zero-order chi connectivity index (χ0) is 23.2. The van der Waals surface area contributed by atoms with Gasteiger partial charge in [-0.15, -0.1) is 0 Å². The normalized spacial score (nSPS) is 12.3. The molecule has 3 heteroatoms. The lowest BCUT2D eigenvalue weighted by atomic mass is 9.91. The molecule has 6 aromatic rings. The molecule has 2 heterocycles. The summed E-state index contributed by atoms with van der Waals surface area (Å²) in [5, 5.41) is 1.07. The number of thioether (sulfide) groups is 1. The summed E-state index contributed by atoms with van der Waals surface area (Å²) >= 11 is 1.82. The molecule has 7 rings (SSSR count). The summed E-state index contributed by atoms with van der Waals surface area (Å²) in [7, 11) is 0. The van der Waals surface area contributed by atoms with E-state index in [0.717, 1.165) is 21.9 Å². The third kappa shape index (κ3) is 3.48. The summed E-state index contributed by atoms with van der Waals surface area (Å²) in [4.78, 5) is 4.89. The van der Waals surface area contributed by atoms with Crippen LogP contribution in [0.5, 0.6) is 0 Å². The molecule has 0 fully saturated rings. The van der Waals surface area contributed by atoms with Gasteiger partial charge < -0.3 is 0 Å². The minimum absolute atomic E-state index is 0.908. The zero-order valence-corrected chi connectivity index (χ0v) is 19.9. The van der Waals surface area contributed by atoms with E-state index >= 15 is 0 Å². The van der Waals surface area contributed by atoms with Crippen molar-refractivity contribution in [2.45, 2.75) is 10.9 Å². The van der Waals surface area contributed by atoms with Gasteiger partial charge in [-0.2, -0.15) is 0 Å². The smallest absolute Gasteiger partial charge is 0.174 e. The van der Waals surface area contributed by atoms with E-state index in [1.807, 2.05) is 11.8 Å². The van der Waals surface area contributed by atoms with Gasteiger partial charge in [0.2, 0.25) is 0 Å². The maximum Gasteiger partial charge on any atom is 0.174 e. The van der Waals surface area contributed by atoms with Crippen LogP contribution < -0.4 is 0 Å². The summed E-state index contributed by atoms with van der Waals surface area (Å²) in [5.74, 6) is 0.908. The molecule has 1 aromatic heterocycles. The summed E-state index contributed by atoms with van der Waals surface area (Å²) in [6.07, 6.45) is 0. The number of imidazole rings is 1. The lowest BCUT2D eigenvalue weighted by Crippen LogP contribution is -2.07. The summed E-state index contributed by atoms with van der Waals surface area (Å²) in [5.41, 5.74) is 12.3. The van der Waals surface area contributed by atoms with E-state index in [9.17, 15) is 0 Å². The van der Waals surface area contributed by atoms with Gasteiger partial charge in [0.15, 0.2) is 5.16 Å². The van der Waals surface area contributed by atoms with Gasteiger partial charge in [-0.3, -0.25) is 4.57 Å². The van der Waals surface area contributed by atoms with Crippen LogP contribution in [0, 0.1) is 0 Å². The fourth-order valence-electron chi connectivity index (χ4n) is 5.05. The number of para-hydroxylation sites is 2. The van der Waals surface area contributed by atoms with Crippen molar-refractivity contribution in [2.75, 3.05) is 0 Å². The quantitative estimate of drug-likeness (QED) is 0.260. The van der Waals surface area contributed by atoms with Crippen molar-refractivity contribution in [1.82, 2.24) is 9.55 Å². The molecule has 1 aliphatic heterocycles. The molecule has 5 aromatic carbocycles. The molecule has 0 aliphatic carbocycles. The number of benzene rings is 5. The van der Waals surface area contributed by atoms with Crippen LogP contribution in [-0.2, 0) is 5.75 Å². The van der Waals surface area contributed by atoms with Crippen LogP contribution in [0.2, 0.25) is 0 Å². The zero-order valence-electron chi connectivity index (χ0n) is 19.1. The third-order valence-electron chi connectivity index (χ3n) is 6.73. The van der Waals surface area contributed by atoms with Crippen LogP contribution in [0.25, 0.3) is 50.1 Å². The molecule has 0 N–H and O–H groups in total. The van der Waals surface area contributed by atoms with E-state index in [1.54, 1.807) is 0 Å². The highest BCUT2D eigenvalue weighted by atomic mass is 32.2. The van der Waals surface area contributed by atoms with Gasteiger partial charge in [0, 0.05) is 5.75 Å². The number of hydrogen-bond donors (Lipinski definition) is 0. The SMILES string of the molecule is c1ccc(-c2cc(-c3ccccc3)cc(-c3cccc4c3CSc3nc5ccccc5n3-4)c2)cc1. The van der Waals surface area contributed by atoms with Gasteiger partial charge in [-0.1, -0.05) is 96.7 Å². The Kier molecular flexibility index (Phi) is 4.81. The minimum Gasteiger partial charge on any atom is -0.287 e. The maximum atomic E-state index is 4.89. The predicted molar refractivity (Wildman–Crippen MR) is 147 cm³/mol. The Morgan fingerprint density at radius 1 is 0.571 bits per heavy atom. The Hall–Kier alpha value is -4.08. The first-order chi connectivity index (χ1) is 17.3. The van der Waals surface area contributed by atoms with Gasteiger partial charge in [-0.25, -0.2) is 4.98 Å². The molecule has 0 saturated carbocycles. The highest BCUT2D eigenvalue weighted by Gasteiger charge is 2.23. The molecule has 2 nitrogen and oxygen atoms in total. The highest BCUT2D eigenvalue weighted by molar-refractivity contribution is 7.98. The maximum absolute atomic E-state index is 4.89. The fraction of sp³-hybridized carbons (Fsp3) is 0.0312. The second-order valence-corrected chi connectivity index (χ2v) is 9.78. The number of fused-ring (bicyclic) bond motifs is 5. The second kappa shape index (κ2) is 8.30. The first-order valence-electron chi connectivity index (χ1n) is 11.8. The molecule has 0 bridgehead atoms. The molecule has 0 unspecified atom stereocenters. The van der Waals surface area contributed by atoms with Crippen LogP contribution >= 0.6 is 11.8 Å². The predicted octanol–water partition coefficient (Wildman–Crippen LogP) is 8.63. The van der Waals surface area contributed by atoms with Crippen molar-refractivity contribution in [2.24, 2.45) is 0 Å². The first kappa shape index (κ1) is 20.3. The van der Waals surface area contributed by atoms with Crippen LogP contribution in [0.4, 0.5) is 0 Å². The van der Waals surface area contributed by atoms with E-state index in [0.29, 0.717) is 0 Å².